The average Bonchev–Trinajstić information content (AvgIpc) is 3.15. The summed E-state index contributed by atoms with van der Waals surface area (Å²) < 4.78 is 7.03. The lowest BCUT2D eigenvalue weighted by atomic mass is 10.1. The number of hydrogen-bond acceptors (Lipinski definition) is 4. The summed E-state index contributed by atoms with van der Waals surface area (Å²) in [6.45, 7) is 2.43. The van der Waals surface area contributed by atoms with Gasteiger partial charge in [0.2, 0.25) is 0 Å². The maximum absolute atomic E-state index is 12.9. The third kappa shape index (κ3) is 4.03. The summed E-state index contributed by atoms with van der Waals surface area (Å²) in [6, 6.07) is 15.1. The lowest BCUT2D eigenvalue weighted by molar-refractivity contribution is 0.0928. The minimum absolute atomic E-state index is 0.186. The van der Waals surface area contributed by atoms with Gasteiger partial charge in [0.05, 0.1) is 25.3 Å². The van der Waals surface area contributed by atoms with Gasteiger partial charge in [-0.15, -0.1) is 0 Å². The summed E-state index contributed by atoms with van der Waals surface area (Å²) in [5, 5.41) is 7.22. The molecule has 6 heteroatoms. The van der Waals surface area contributed by atoms with Gasteiger partial charge in [-0.3, -0.25) is 9.48 Å². The molecule has 0 unspecified atom stereocenters. The zero-order valence-corrected chi connectivity index (χ0v) is 14.2. The molecule has 3 aromatic rings. The number of amides is 1. The van der Waals surface area contributed by atoms with Gasteiger partial charge in [0.25, 0.3) is 5.91 Å². The van der Waals surface area contributed by atoms with E-state index in [0.717, 1.165) is 11.1 Å². The number of rotatable bonds is 6. The number of benzene rings is 2. The van der Waals surface area contributed by atoms with Crippen LogP contribution < -0.4 is 10.1 Å². The molecule has 25 heavy (non-hydrogen) atoms. The van der Waals surface area contributed by atoms with Crippen LogP contribution in [0.3, 0.4) is 0 Å². The van der Waals surface area contributed by atoms with E-state index in [1.807, 2.05) is 49.4 Å². The molecule has 0 aliphatic rings. The predicted octanol–water partition coefficient (Wildman–Crippen LogP) is 2.77. The van der Waals surface area contributed by atoms with E-state index >= 15 is 0 Å². The Morgan fingerprint density at radius 1 is 1.24 bits per heavy atom. The van der Waals surface area contributed by atoms with Crippen LogP contribution in [0, 0.1) is 6.92 Å². The number of methoxy groups -OCH3 is 1. The van der Waals surface area contributed by atoms with Crippen LogP contribution in [0.25, 0.3) is 0 Å². The van der Waals surface area contributed by atoms with Crippen molar-refractivity contribution in [2.24, 2.45) is 0 Å². The molecule has 1 aromatic heterocycles. The molecule has 3 rings (SSSR count). The van der Waals surface area contributed by atoms with Crippen molar-refractivity contribution in [3.05, 3.63) is 77.9 Å². The van der Waals surface area contributed by atoms with Gasteiger partial charge < -0.3 is 10.1 Å². The quantitative estimate of drug-likeness (QED) is 0.751. The smallest absolute Gasteiger partial charge is 0.255 e. The van der Waals surface area contributed by atoms with Crippen LogP contribution in [0.2, 0.25) is 0 Å². The lowest BCUT2D eigenvalue weighted by Crippen LogP contribution is -2.32. The Morgan fingerprint density at radius 3 is 2.72 bits per heavy atom. The summed E-state index contributed by atoms with van der Waals surface area (Å²) in [6.07, 6.45) is 3.11. The normalized spacial score (nSPS) is 11.8. The Kier molecular flexibility index (Phi) is 5.09. The van der Waals surface area contributed by atoms with E-state index in [1.54, 1.807) is 24.2 Å². The first-order valence-electron chi connectivity index (χ1n) is 8.00. The van der Waals surface area contributed by atoms with Gasteiger partial charge in [-0.1, -0.05) is 42.0 Å². The fourth-order valence-corrected chi connectivity index (χ4v) is 2.67. The molecule has 128 valence electrons. The molecule has 0 radical (unpaired) electrons. The molecule has 1 N–H and O–H groups in total. The van der Waals surface area contributed by atoms with Crippen molar-refractivity contribution in [3.63, 3.8) is 0 Å². The maximum atomic E-state index is 12.9. The van der Waals surface area contributed by atoms with Gasteiger partial charge in [0, 0.05) is 0 Å². The highest BCUT2D eigenvalue weighted by atomic mass is 16.5. The van der Waals surface area contributed by atoms with Crippen molar-refractivity contribution in [1.29, 1.82) is 0 Å². The van der Waals surface area contributed by atoms with Crippen LogP contribution >= 0.6 is 0 Å². The second kappa shape index (κ2) is 7.61. The molecular formula is C19H20N4O2. The third-order valence-electron chi connectivity index (χ3n) is 3.94. The minimum Gasteiger partial charge on any atom is -0.496 e. The van der Waals surface area contributed by atoms with E-state index in [4.69, 9.17) is 4.74 Å². The predicted molar refractivity (Wildman–Crippen MR) is 94.4 cm³/mol. The van der Waals surface area contributed by atoms with Gasteiger partial charge in [0.1, 0.15) is 18.4 Å². The number of ether oxygens (including phenoxy) is 1. The molecule has 0 bridgehead atoms. The fraction of sp³-hybridized carbons (Fsp3) is 0.211. The molecule has 0 fully saturated rings. The molecule has 0 aliphatic heterocycles. The van der Waals surface area contributed by atoms with E-state index in [9.17, 15) is 4.79 Å². The largest absolute Gasteiger partial charge is 0.496 e. The van der Waals surface area contributed by atoms with Crippen LogP contribution in [-0.4, -0.2) is 27.8 Å². The Morgan fingerprint density at radius 2 is 2.04 bits per heavy atom. The van der Waals surface area contributed by atoms with E-state index in [2.05, 4.69) is 15.4 Å². The average molecular weight is 336 g/mol. The molecule has 0 saturated carbocycles. The molecular weight excluding hydrogens is 316 g/mol. The number of nitrogens with zero attached hydrogens (tertiary/aromatic N) is 3. The Labute approximate surface area is 146 Å². The molecule has 1 atom stereocenters. The number of nitrogens with one attached hydrogen (secondary N) is 1. The minimum atomic E-state index is -0.236. The topological polar surface area (TPSA) is 69.0 Å². The SMILES string of the molecule is COc1ccc(C)cc1C(=O)N[C@H](Cn1cncn1)c1ccccc1. The Bertz CT molecular complexity index is 832. The highest BCUT2D eigenvalue weighted by molar-refractivity contribution is 5.97. The number of aryl methyl sites for hydroxylation is 1. The first kappa shape index (κ1) is 16.7. The number of carbonyl (C=O) groups excluding carboxylic acids is 1. The van der Waals surface area contributed by atoms with Crippen LogP contribution in [0.1, 0.15) is 27.5 Å². The molecule has 0 aliphatic carbocycles. The lowest BCUT2D eigenvalue weighted by Gasteiger charge is -2.20. The number of aromatic nitrogens is 3. The van der Waals surface area contributed by atoms with Gasteiger partial charge in [-0.2, -0.15) is 5.10 Å². The molecule has 1 heterocycles. The Balaban J connectivity index is 1.87. The van der Waals surface area contributed by atoms with E-state index in [-0.39, 0.29) is 11.9 Å². The zero-order chi connectivity index (χ0) is 17.6. The molecule has 2 aromatic carbocycles. The molecule has 6 nitrogen and oxygen atoms in total. The van der Waals surface area contributed by atoms with Gasteiger partial charge in [0.15, 0.2) is 0 Å². The van der Waals surface area contributed by atoms with E-state index in [1.165, 1.54) is 6.33 Å². The van der Waals surface area contributed by atoms with Crippen LogP contribution in [-0.2, 0) is 6.54 Å². The second-order valence-corrected chi connectivity index (χ2v) is 5.76. The van der Waals surface area contributed by atoms with Crippen molar-refractivity contribution in [2.45, 2.75) is 19.5 Å². The second-order valence-electron chi connectivity index (χ2n) is 5.76. The standard InChI is InChI=1S/C19H20N4O2/c1-14-8-9-18(25-2)16(10-14)19(24)22-17(11-23-13-20-12-21-23)15-6-4-3-5-7-15/h3-10,12-13,17H,11H2,1-2H3,(H,22,24)/t17-/m1/s1. The van der Waals surface area contributed by atoms with Gasteiger partial charge in [-0.05, 0) is 24.6 Å². The molecule has 0 spiro atoms. The van der Waals surface area contributed by atoms with Crippen molar-refractivity contribution in [3.8, 4) is 5.75 Å². The summed E-state index contributed by atoms with van der Waals surface area (Å²) in [7, 11) is 1.56. The summed E-state index contributed by atoms with van der Waals surface area (Å²) in [4.78, 5) is 16.8. The first-order valence-corrected chi connectivity index (χ1v) is 8.00. The van der Waals surface area contributed by atoms with Crippen LogP contribution in [0.15, 0.2) is 61.2 Å². The van der Waals surface area contributed by atoms with Gasteiger partial charge >= 0.3 is 0 Å². The van der Waals surface area contributed by atoms with Gasteiger partial charge in [-0.25, -0.2) is 4.98 Å². The van der Waals surface area contributed by atoms with Crippen molar-refractivity contribution >= 4 is 5.91 Å². The highest BCUT2D eigenvalue weighted by Gasteiger charge is 2.19. The Hall–Kier alpha value is -3.15. The summed E-state index contributed by atoms with van der Waals surface area (Å²) in [5.74, 6) is 0.366. The third-order valence-corrected chi connectivity index (χ3v) is 3.94. The fourth-order valence-electron chi connectivity index (χ4n) is 2.67. The first-order chi connectivity index (χ1) is 12.2. The van der Waals surface area contributed by atoms with Crippen molar-refractivity contribution < 1.29 is 9.53 Å². The van der Waals surface area contributed by atoms with Crippen molar-refractivity contribution in [1.82, 2.24) is 20.1 Å². The summed E-state index contributed by atoms with van der Waals surface area (Å²) >= 11 is 0. The highest BCUT2D eigenvalue weighted by Crippen LogP contribution is 2.22. The molecule has 0 saturated heterocycles. The monoisotopic (exact) mass is 336 g/mol. The number of carbonyl (C=O) groups is 1. The number of hydrogen-bond donors (Lipinski definition) is 1. The molecule has 1 amide bonds. The maximum Gasteiger partial charge on any atom is 0.255 e. The van der Waals surface area contributed by atoms with Crippen LogP contribution in [0.5, 0.6) is 5.75 Å². The zero-order valence-electron chi connectivity index (χ0n) is 14.2. The van der Waals surface area contributed by atoms with E-state index in [0.29, 0.717) is 17.9 Å². The van der Waals surface area contributed by atoms with E-state index < -0.39 is 0 Å². The van der Waals surface area contributed by atoms with Crippen LogP contribution in [0.4, 0.5) is 0 Å². The summed E-state index contributed by atoms with van der Waals surface area (Å²) in [5.41, 5.74) is 2.51. The van der Waals surface area contributed by atoms with Crippen molar-refractivity contribution in [2.75, 3.05) is 7.11 Å².